The molecule has 53 heavy (non-hydrogen) atoms. The van der Waals surface area contributed by atoms with Crippen molar-refractivity contribution in [1.82, 2.24) is 19.5 Å². The summed E-state index contributed by atoms with van der Waals surface area (Å²) < 4.78 is 36.7. The summed E-state index contributed by atoms with van der Waals surface area (Å²) in [6, 6.07) is 20.7. The molecule has 0 amide bonds. The molecule has 17 heteroatoms. The summed E-state index contributed by atoms with van der Waals surface area (Å²) >= 11 is 0. The lowest BCUT2D eigenvalue weighted by Crippen LogP contribution is -2.43. The second-order valence-corrected chi connectivity index (χ2v) is 21.9. The molecule has 5 rings (SSSR count). The number of rotatable bonds is 14. The number of aromatic hydroxyl groups is 1. The summed E-state index contributed by atoms with van der Waals surface area (Å²) in [5, 5.41) is 29.5. The van der Waals surface area contributed by atoms with Gasteiger partial charge in [-0.1, -0.05) is 57.2 Å². The molecule has 2 atom stereocenters. The first-order valence-corrected chi connectivity index (χ1v) is 22.6. The molecule has 0 fully saturated rings. The van der Waals surface area contributed by atoms with Crippen LogP contribution in [-0.2, 0) is 33.6 Å². The van der Waals surface area contributed by atoms with Crippen molar-refractivity contribution in [2.24, 2.45) is 0 Å². The van der Waals surface area contributed by atoms with Crippen molar-refractivity contribution in [1.29, 1.82) is 0 Å². The number of hydrogen-bond acceptors (Lipinski definition) is 11. The maximum absolute atomic E-state index is 11.7. The zero-order valence-electron chi connectivity index (χ0n) is 30.7. The van der Waals surface area contributed by atoms with Crippen molar-refractivity contribution < 1.29 is 43.4 Å². The highest BCUT2D eigenvalue weighted by atomic mass is 31.2. The predicted molar refractivity (Wildman–Crippen MR) is 209 cm³/mol. The molecule has 0 saturated heterocycles. The molecule has 0 radical (unpaired) electrons. The Kier molecular flexibility index (Phi) is 13.7. The number of benzene rings is 3. The summed E-state index contributed by atoms with van der Waals surface area (Å²) in [4.78, 5) is 32.2. The Hall–Kier alpha value is -4.07. The SMILES string of the molecule is CC(C)(C)[Si](C)(C)Oc1cccc(CCO)c1.CCOc1nc(Nc2ccc(C(O)([PH2]=O)P(=O)(O)O)cc2)c2ncn(CCc3cccc(O)c3)c2n1. The number of hydrogen-bond donors (Lipinski definition) is 6. The van der Waals surface area contributed by atoms with Gasteiger partial charge in [-0.05, 0) is 85.4 Å². The van der Waals surface area contributed by atoms with Crippen LogP contribution >= 0.6 is 16.1 Å². The van der Waals surface area contributed by atoms with E-state index in [-0.39, 0.29) is 29.0 Å². The number of phenolic OH excluding ortho intramolecular Hbond substituents is 1. The Morgan fingerprint density at radius 2 is 1.62 bits per heavy atom. The Morgan fingerprint density at radius 3 is 2.21 bits per heavy atom. The number of phenols is 1. The zero-order chi connectivity index (χ0) is 39.0. The first-order valence-electron chi connectivity index (χ1n) is 17.0. The third kappa shape index (κ3) is 10.5. The lowest BCUT2D eigenvalue weighted by Gasteiger charge is -2.36. The van der Waals surface area contributed by atoms with Crippen LogP contribution in [0.3, 0.4) is 0 Å². The number of ether oxygens (including phenoxy) is 1. The molecule has 2 aromatic heterocycles. The van der Waals surface area contributed by atoms with Gasteiger partial charge in [-0.15, -0.1) is 0 Å². The molecular formula is C36H49N5O9P2Si. The maximum atomic E-state index is 11.7. The van der Waals surface area contributed by atoms with Crippen LogP contribution in [0.2, 0.25) is 18.1 Å². The van der Waals surface area contributed by atoms with Gasteiger partial charge in [-0.25, -0.2) is 4.98 Å². The fourth-order valence-electron chi connectivity index (χ4n) is 4.91. The number of aliphatic hydroxyl groups excluding tert-OH is 1. The van der Waals surface area contributed by atoms with Gasteiger partial charge in [-0.3, -0.25) is 4.57 Å². The summed E-state index contributed by atoms with van der Waals surface area (Å²) in [5.74, 6) is 1.46. The molecule has 6 N–H and O–H groups in total. The topological polar surface area (TPSA) is 209 Å². The van der Waals surface area contributed by atoms with Crippen molar-refractivity contribution in [3.05, 3.63) is 95.8 Å². The molecule has 0 aliphatic rings. The van der Waals surface area contributed by atoms with Gasteiger partial charge in [0.1, 0.15) is 20.0 Å². The van der Waals surface area contributed by atoms with Crippen molar-refractivity contribution in [3.63, 3.8) is 0 Å². The number of aromatic nitrogens is 4. The van der Waals surface area contributed by atoms with Crippen LogP contribution in [0.25, 0.3) is 11.2 Å². The van der Waals surface area contributed by atoms with Crippen molar-refractivity contribution in [3.8, 4) is 17.5 Å². The minimum atomic E-state index is -5.07. The van der Waals surface area contributed by atoms with Crippen LogP contribution < -0.4 is 14.5 Å². The number of nitrogens with one attached hydrogen (secondary N) is 1. The Bertz CT molecular complexity index is 2050. The largest absolute Gasteiger partial charge is 0.543 e. The van der Waals surface area contributed by atoms with E-state index in [1.54, 1.807) is 31.5 Å². The lowest BCUT2D eigenvalue weighted by atomic mass is 10.1. The molecule has 3 aromatic carbocycles. The van der Waals surface area contributed by atoms with E-state index in [9.17, 15) is 29.1 Å². The Labute approximate surface area is 311 Å². The van der Waals surface area contributed by atoms with Crippen LogP contribution in [-0.4, -0.2) is 66.2 Å². The third-order valence-electron chi connectivity index (χ3n) is 8.93. The molecule has 0 spiro atoms. The molecule has 286 valence electrons. The van der Waals surface area contributed by atoms with Crippen LogP contribution in [0.4, 0.5) is 11.5 Å². The third-order valence-corrected chi connectivity index (χ3v) is 16.4. The normalized spacial score (nSPS) is 13.4. The van der Waals surface area contributed by atoms with Crippen LogP contribution in [0.5, 0.6) is 17.5 Å². The fourth-order valence-corrected chi connectivity index (χ4v) is 7.30. The molecule has 0 bridgehead atoms. The molecule has 2 unspecified atom stereocenters. The van der Waals surface area contributed by atoms with Gasteiger partial charge in [0.15, 0.2) is 17.0 Å². The van der Waals surface area contributed by atoms with Gasteiger partial charge in [0.25, 0.3) is 0 Å². The van der Waals surface area contributed by atoms with Gasteiger partial charge >= 0.3 is 13.6 Å². The van der Waals surface area contributed by atoms with Crippen LogP contribution in [0.15, 0.2) is 79.1 Å². The molecule has 0 aliphatic heterocycles. The van der Waals surface area contributed by atoms with Gasteiger partial charge in [0, 0.05) is 24.4 Å². The molecule has 5 aromatic rings. The lowest BCUT2D eigenvalue weighted by molar-refractivity contribution is 0.168. The van der Waals surface area contributed by atoms with Gasteiger partial charge in [-0.2, -0.15) is 9.97 Å². The molecule has 14 nitrogen and oxygen atoms in total. The van der Waals surface area contributed by atoms with E-state index < -0.39 is 29.5 Å². The smallest absolute Gasteiger partial charge is 0.368 e. The van der Waals surface area contributed by atoms with Crippen molar-refractivity contribution in [2.45, 2.75) is 70.3 Å². The highest BCUT2D eigenvalue weighted by Crippen LogP contribution is 2.61. The average molecular weight is 786 g/mol. The molecule has 0 aliphatic carbocycles. The first-order chi connectivity index (χ1) is 24.9. The zero-order valence-corrected chi connectivity index (χ0v) is 33.8. The van der Waals surface area contributed by atoms with Crippen molar-refractivity contribution in [2.75, 3.05) is 18.5 Å². The van der Waals surface area contributed by atoms with E-state index in [0.717, 1.165) is 16.9 Å². The van der Waals surface area contributed by atoms with Crippen LogP contribution in [0, 0.1) is 0 Å². The molecule has 2 heterocycles. The second kappa shape index (κ2) is 17.4. The van der Waals surface area contributed by atoms with E-state index in [2.05, 4.69) is 54.1 Å². The number of aryl methyl sites for hydroxylation is 2. The standard InChI is InChI=1S/C22H25N5O7P2.C14H24O2Si/c1-2-34-21-25-19(24-16-8-6-15(7-9-16)22(29,35-30)36(31,32)33)18-20(26-21)27(13-23-18)11-10-14-4-3-5-17(28)12-14;1-14(2,3)17(4,5)16-13-8-6-7-12(11-13)9-10-15/h3-9,12-13,28-29H,2,10-11,35H2,1H3,(H,24,25,26)(H2,31,32,33);6-8,11,15H,9-10H2,1-5H3. The number of aliphatic hydroxyl groups is 2. The van der Waals surface area contributed by atoms with E-state index in [4.69, 9.17) is 14.3 Å². The van der Waals surface area contributed by atoms with Gasteiger partial charge in [0.05, 0.1) is 12.9 Å². The van der Waals surface area contributed by atoms with E-state index in [1.807, 2.05) is 34.9 Å². The predicted octanol–water partition coefficient (Wildman–Crippen LogP) is 6.56. The van der Waals surface area contributed by atoms with E-state index in [0.29, 0.717) is 48.7 Å². The average Bonchev–Trinajstić information content (AvgIpc) is 3.50. The Morgan fingerprint density at radius 1 is 0.962 bits per heavy atom. The van der Waals surface area contributed by atoms with Crippen molar-refractivity contribution >= 4 is 47.0 Å². The summed E-state index contributed by atoms with van der Waals surface area (Å²) in [5.41, 5.74) is 3.39. The van der Waals surface area contributed by atoms with E-state index in [1.165, 1.54) is 24.3 Å². The van der Waals surface area contributed by atoms with Gasteiger partial charge in [0.2, 0.25) is 13.4 Å². The fraction of sp³-hybridized carbons (Fsp3) is 0.361. The minimum absolute atomic E-state index is 0.133. The summed E-state index contributed by atoms with van der Waals surface area (Å²) in [6.07, 6.45) is 2.94. The number of anilines is 2. The van der Waals surface area contributed by atoms with Gasteiger partial charge < -0.3 is 48.7 Å². The summed E-state index contributed by atoms with van der Waals surface area (Å²) in [6.45, 7) is 14.1. The summed E-state index contributed by atoms with van der Waals surface area (Å²) in [7, 11) is -9.03. The molecular weight excluding hydrogens is 736 g/mol. The highest BCUT2D eigenvalue weighted by molar-refractivity contribution is 7.62. The Balaban J connectivity index is 0.000000310. The molecule has 0 saturated carbocycles. The van der Waals surface area contributed by atoms with E-state index >= 15 is 0 Å². The number of fused-ring (bicyclic) bond motifs is 1. The number of imidazole rings is 1. The second-order valence-electron chi connectivity index (χ2n) is 13.9. The minimum Gasteiger partial charge on any atom is -0.543 e. The first kappa shape index (κ1) is 41.7. The monoisotopic (exact) mass is 785 g/mol. The highest BCUT2D eigenvalue weighted by Gasteiger charge is 2.46. The maximum Gasteiger partial charge on any atom is 0.368 e. The van der Waals surface area contributed by atoms with Crippen LogP contribution in [0.1, 0.15) is 44.4 Å². The quantitative estimate of drug-likeness (QED) is 0.0521. The number of nitrogens with zero attached hydrogens (tertiary/aromatic N) is 4.